The molecule has 0 aliphatic carbocycles. The SMILES string of the molecule is COc1ccc(S(=O)(=O)N2CCCC(C(=O)N3CCCc4cccc(C)c43)C2)cc1. The van der Waals surface area contributed by atoms with E-state index in [4.69, 9.17) is 4.74 Å². The fourth-order valence-corrected chi connectivity index (χ4v) is 6.07. The van der Waals surface area contributed by atoms with E-state index in [2.05, 4.69) is 6.07 Å². The number of carbonyl (C=O) groups excluding carboxylic acids is 1. The molecule has 0 N–H and O–H groups in total. The Morgan fingerprint density at radius 3 is 2.57 bits per heavy atom. The van der Waals surface area contributed by atoms with Crippen molar-refractivity contribution in [3.63, 3.8) is 0 Å². The maximum Gasteiger partial charge on any atom is 0.243 e. The summed E-state index contributed by atoms with van der Waals surface area (Å²) in [5.41, 5.74) is 3.32. The van der Waals surface area contributed by atoms with E-state index in [-0.39, 0.29) is 23.3 Å². The number of hydrogen-bond donors (Lipinski definition) is 0. The van der Waals surface area contributed by atoms with E-state index in [1.165, 1.54) is 9.87 Å². The standard InChI is InChI=1S/C23H28N2O4S/c1-17-6-3-7-18-8-5-15-25(22(17)18)23(26)19-9-4-14-24(16-19)30(27,28)21-12-10-20(29-2)11-13-21/h3,6-7,10-13,19H,4-5,8-9,14-16H2,1-2H3. The molecule has 0 bridgehead atoms. The number of amides is 1. The average Bonchev–Trinajstić information content (AvgIpc) is 2.78. The Bertz CT molecular complexity index is 1030. The van der Waals surface area contributed by atoms with Crippen LogP contribution in [-0.2, 0) is 21.2 Å². The number of methoxy groups -OCH3 is 1. The first-order valence-electron chi connectivity index (χ1n) is 10.5. The molecule has 1 unspecified atom stereocenters. The van der Waals surface area contributed by atoms with Crippen molar-refractivity contribution in [2.45, 2.75) is 37.5 Å². The van der Waals surface area contributed by atoms with Gasteiger partial charge < -0.3 is 9.64 Å². The van der Waals surface area contributed by atoms with Crippen LogP contribution in [0.2, 0.25) is 0 Å². The maximum atomic E-state index is 13.4. The number of ether oxygens (including phenoxy) is 1. The minimum Gasteiger partial charge on any atom is -0.497 e. The highest BCUT2D eigenvalue weighted by Gasteiger charge is 2.36. The molecule has 160 valence electrons. The van der Waals surface area contributed by atoms with Crippen LogP contribution < -0.4 is 9.64 Å². The fraction of sp³-hybridized carbons (Fsp3) is 0.435. The van der Waals surface area contributed by atoms with Gasteiger partial charge in [-0.1, -0.05) is 18.2 Å². The van der Waals surface area contributed by atoms with Crippen molar-refractivity contribution in [3.05, 3.63) is 53.6 Å². The van der Waals surface area contributed by atoms with Gasteiger partial charge in [-0.25, -0.2) is 8.42 Å². The van der Waals surface area contributed by atoms with Gasteiger partial charge in [0.1, 0.15) is 5.75 Å². The third kappa shape index (κ3) is 3.84. The minimum absolute atomic E-state index is 0.0416. The number of aryl methyl sites for hydroxylation is 2. The smallest absolute Gasteiger partial charge is 0.243 e. The van der Waals surface area contributed by atoms with E-state index in [0.717, 1.165) is 24.1 Å². The zero-order valence-electron chi connectivity index (χ0n) is 17.5. The molecule has 1 saturated heterocycles. The van der Waals surface area contributed by atoms with Crippen molar-refractivity contribution < 1.29 is 17.9 Å². The molecule has 0 aromatic heterocycles. The monoisotopic (exact) mass is 428 g/mol. The predicted molar refractivity (Wildman–Crippen MR) is 116 cm³/mol. The molecule has 6 nitrogen and oxygen atoms in total. The average molecular weight is 429 g/mol. The molecule has 30 heavy (non-hydrogen) atoms. The summed E-state index contributed by atoms with van der Waals surface area (Å²) < 4.78 is 32.9. The lowest BCUT2D eigenvalue weighted by atomic mass is 9.93. The molecule has 2 aliphatic rings. The van der Waals surface area contributed by atoms with Crippen LogP contribution in [0, 0.1) is 12.8 Å². The van der Waals surface area contributed by atoms with Crippen LogP contribution in [0.4, 0.5) is 5.69 Å². The molecule has 7 heteroatoms. The summed E-state index contributed by atoms with van der Waals surface area (Å²) in [6.07, 6.45) is 3.30. The van der Waals surface area contributed by atoms with E-state index in [1.54, 1.807) is 31.4 Å². The summed E-state index contributed by atoms with van der Waals surface area (Å²) in [5, 5.41) is 0. The Balaban J connectivity index is 1.55. The van der Waals surface area contributed by atoms with Crippen LogP contribution in [0.1, 0.15) is 30.4 Å². The topological polar surface area (TPSA) is 66.9 Å². The zero-order valence-corrected chi connectivity index (χ0v) is 18.3. The summed E-state index contributed by atoms with van der Waals surface area (Å²) in [5.74, 6) is 0.331. The highest BCUT2D eigenvalue weighted by atomic mass is 32.2. The Morgan fingerprint density at radius 2 is 1.83 bits per heavy atom. The van der Waals surface area contributed by atoms with Crippen molar-refractivity contribution in [2.75, 3.05) is 31.6 Å². The van der Waals surface area contributed by atoms with Crippen molar-refractivity contribution in [1.82, 2.24) is 4.31 Å². The summed E-state index contributed by atoms with van der Waals surface area (Å²) >= 11 is 0. The molecule has 2 aliphatic heterocycles. The lowest BCUT2D eigenvalue weighted by molar-refractivity contribution is -0.123. The van der Waals surface area contributed by atoms with E-state index >= 15 is 0 Å². The predicted octanol–water partition coefficient (Wildman–Crippen LogP) is 3.38. The lowest BCUT2D eigenvalue weighted by Gasteiger charge is -2.37. The second-order valence-electron chi connectivity index (χ2n) is 8.05. The molecule has 0 radical (unpaired) electrons. The molecule has 2 aromatic rings. The van der Waals surface area contributed by atoms with Gasteiger partial charge in [-0.05, 0) is 68.0 Å². The number of para-hydroxylation sites is 1. The quantitative estimate of drug-likeness (QED) is 0.749. The molecule has 4 rings (SSSR count). The van der Waals surface area contributed by atoms with E-state index in [0.29, 0.717) is 31.7 Å². The van der Waals surface area contributed by atoms with Crippen molar-refractivity contribution in [1.29, 1.82) is 0 Å². The Hall–Kier alpha value is -2.38. The fourth-order valence-electron chi connectivity index (χ4n) is 4.55. The highest BCUT2D eigenvalue weighted by Crippen LogP contribution is 2.33. The van der Waals surface area contributed by atoms with Gasteiger partial charge in [0.05, 0.1) is 17.9 Å². The van der Waals surface area contributed by atoms with Gasteiger partial charge >= 0.3 is 0 Å². The van der Waals surface area contributed by atoms with Crippen LogP contribution in [-0.4, -0.2) is 45.4 Å². The molecule has 2 aromatic carbocycles. The first-order chi connectivity index (χ1) is 14.4. The lowest BCUT2D eigenvalue weighted by Crippen LogP contribution is -2.48. The van der Waals surface area contributed by atoms with Gasteiger partial charge in [-0.15, -0.1) is 0 Å². The molecule has 1 amide bonds. The van der Waals surface area contributed by atoms with Crippen LogP contribution in [0.25, 0.3) is 0 Å². The molecule has 2 heterocycles. The molecular weight excluding hydrogens is 400 g/mol. The van der Waals surface area contributed by atoms with Crippen LogP contribution in [0.5, 0.6) is 5.75 Å². The van der Waals surface area contributed by atoms with Crippen LogP contribution in [0.3, 0.4) is 0 Å². The van der Waals surface area contributed by atoms with Crippen LogP contribution in [0.15, 0.2) is 47.4 Å². The van der Waals surface area contributed by atoms with Crippen LogP contribution >= 0.6 is 0 Å². The van der Waals surface area contributed by atoms with Gasteiger partial charge in [0.15, 0.2) is 0 Å². The Morgan fingerprint density at radius 1 is 1.07 bits per heavy atom. The zero-order chi connectivity index (χ0) is 21.3. The molecule has 1 atom stereocenters. The minimum atomic E-state index is -3.65. The number of sulfonamides is 1. The summed E-state index contributed by atoms with van der Waals surface area (Å²) in [6, 6.07) is 12.6. The van der Waals surface area contributed by atoms with Gasteiger partial charge in [0.2, 0.25) is 15.9 Å². The van der Waals surface area contributed by atoms with E-state index in [1.807, 2.05) is 24.0 Å². The van der Waals surface area contributed by atoms with Gasteiger partial charge in [-0.3, -0.25) is 4.79 Å². The number of anilines is 1. The number of rotatable bonds is 4. The molecular formula is C23H28N2O4S. The largest absolute Gasteiger partial charge is 0.497 e. The first kappa shape index (κ1) is 20.9. The molecule has 0 spiro atoms. The van der Waals surface area contributed by atoms with Crippen molar-refractivity contribution >= 4 is 21.6 Å². The van der Waals surface area contributed by atoms with E-state index < -0.39 is 10.0 Å². The summed E-state index contributed by atoms with van der Waals surface area (Å²) in [7, 11) is -2.10. The molecule has 1 fully saturated rings. The summed E-state index contributed by atoms with van der Waals surface area (Å²) in [6.45, 7) is 3.39. The number of hydrogen-bond acceptors (Lipinski definition) is 4. The second kappa shape index (κ2) is 8.40. The maximum absolute atomic E-state index is 13.4. The van der Waals surface area contributed by atoms with Crippen molar-refractivity contribution in [2.24, 2.45) is 5.92 Å². The van der Waals surface area contributed by atoms with E-state index in [9.17, 15) is 13.2 Å². The number of nitrogens with zero attached hydrogens (tertiary/aromatic N) is 2. The van der Waals surface area contributed by atoms with Gasteiger partial charge in [0, 0.05) is 25.3 Å². The third-order valence-corrected chi connectivity index (χ3v) is 8.00. The van der Waals surface area contributed by atoms with Crippen molar-refractivity contribution in [3.8, 4) is 5.75 Å². The second-order valence-corrected chi connectivity index (χ2v) is 9.99. The number of benzene rings is 2. The summed E-state index contributed by atoms with van der Waals surface area (Å²) in [4.78, 5) is 15.6. The Labute approximate surface area is 178 Å². The Kier molecular flexibility index (Phi) is 5.84. The normalized spacial score (nSPS) is 19.9. The highest BCUT2D eigenvalue weighted by molar-refractivity contribution is 7.89. The molecule has 0 saturated carbocycles. The number of fused-ring (bicyclic) bond motifs is 1. The third-order valence-electron chi connectivity index (χ3n) is 6.12. The van der Waals surface area contributed by atoms with Gasteiger partial charge in [-0.2, -0.15) is 4.31 Å². The number of carbonyl (C=O) groups is 1. The number of piperidine rings is 1. The van der Waals surface area contributed by atoms with Gasteiger partial charge in [0.25, 0.3) is 0 Å². The first-order valence-corrected chi connectivity index (χ1v) is 11.9.